The van der Waals surface area contributed by atoms with Crippen LogP contribution in [0.25, 0.3) is 0 Å². The zero-order valence-corrected chi connectivity index (χ0v) is 13.3. The molecular weight excluding hydrogens is 302 g/mol. The second kappa shape index (κ2) is 8.76. The van der Waals surface area contributed by atoms with E-state index < -0.39 is 0 Å². The number of rotatable bonds is 9. The molecule has 0 radical (unpaired) electrons. The molecule has 1 fully saturated rings. The number of carbonyl (C=O) groups is 2. The Balaban J connectivity index is 1.50. The van der Waals surface area contributed by atoms with E-state index in [0.717, 1.165) is 18.2 Å². The molecule has 1 aliphatic rings. The van der Waals surface area contributed by atoms with Crippen LogP contribution < -0.4 is 16.0 Å². The molecule has 6 heteroatoms. The third kappa shape index (κ3) is 6.91. The Morgan fingerprint density at radius 2 is 1.86 bits per heavy atom. The lowest BCUT2D eigenvalue weighted by molar-refractivity contribution is -0.120. The van der Waals surface area contributed by atoms with Gasteiger partial charge in [0.2, 0.25) is 11.8 Å². The lowest BCUT2D eigenvalue weighted by Crippen LogP contribution is -2.35. The number of anilines is 1. The number of hydrogen-bond acceptors (Lipinski definition) is 3. The summed E-state index contributed by atoms with van der Waals surface area (Å²) in [6, 6.07) is 6.97. The summed E-state index contributed by atoms with van der Waals surface area (Å²) in [7, 11) is 0. The quantitative estimate of drug-likeness (QED) is 0.610. The first kappa shape index (κ1) is 16.8. The van der Waals surface area contributed by atoms with Crippen molar-refractivity contribution >= 4 is 29.1 Å². The number of amides is 2. The molecule has 0 heterocycles. The van der Waals surface area contributed by atoms with Gasteiger partial charge in [0, 0.05) is 23.7 Å². The summed E-state index contributed by atoms with van der Waals surface area (Å²) in [4.78, 5) is 23.3. The Morgan fingerprint density at radius 1 is 1.14 bits per heavy atom. The summed E-state index contributed by atoms with van der Waals surface area (Å²) in [6.45, 7) is 1.79. The maximum atomic E-state index is 11.7. The molecule has 1 saturated carbocycles. The smallest absolute Gasteiger partial charge is 0.233 e. The van der Waals surface area contributed by atoms with Gasteiger partial charge < -0.3 is 16.0 Å². The zero-order valence-electron chi connectivity index (χ0n) is 12.5. The summed E-state index contributed by atoms with van der Waals surface area (Å²) in [6.07, 6.45) is 3.54. The van der Waals surface area contributed by atoms with E-state index in [0.29, 0.717) is 31.0 Å². The van der Waals surface area contributed by atoms with Crippen molar-refractivity contribution < 1.29 is 9.59 Å². The highest BCUT2D eigenvalue weighted by atomic mass is 35.5. The molecule has 0 aromatic heterocycles. The standard InChI is InChI=1S/C16H22ClN3O2/c17-13-5-7-14(8-6-13)20-15(21)2-1-9-19-16(22)11-18-10-12-3-4-12/h5-8,12,18H,1-4,9-11H2,(H,19,22)(H,20,21). The summed E-state index contributed by atoms with van der Waals surface area (Å²) in [5, 5.41) is 9.36. The molecule has 120 valence electrons. The first-order chi connectivity index (χ1) is 10.6. The van der Waals surface area contributed by atoms with Crippen LogP contribution in [0, 0.1) is 5.92 Å². The summed E-state index contributed by atoms with van der Waals surface area (Å²) in [5.74, 6) is 0.687. The van der Waals surface area contributed by atoms with Crippen molar-refractivity contribution in [3.05, 3.63) is 29.3 Å². The molecule has 0 saturated heterocycles. The highest BCUT2D eigenvalue weighted by Gasteiger charge is 2.20. The van der Waals surface area contributed by atoms with Crippen molar-refractivity contribution in [1.29, 1.82) is 0 Å². The third-order valence-corrected chi connectivity index (χ3v) is 3.70. The predicted molar refractivity (Wildman–Crippen MR) is 87.9 cm³/mol. The number of nitrogens with one attached hydrogen (secondary N) is 3. The fourth-order valence-electron chi connectivity index (χ4n) is 2.01. The van der Waals surface area contributed by atoms with Gasteiger partial charge in [0.05, 0.1) is 6.54 Å². The Morgan fingerprint density at radius 3 is 2.55 bits per heavy atom. The number of halogens is 1. The maximum absolute atomic E-state index is 11.7. The van der Waals surface area contributed by atoms with E-state index in [-0.39, 0.29) is 11.8 Å². The lowest BCUT2D eigenvalue weighted by Gasteiger charge is -2.07. The van der Waals surface area contributed by atoms with E-state index in [4.69, 9.17) is 11.6 Å². The zero-order chi connectivity index (χ0) is 15.8. The Kier molecular flexibility index (Phi) is 6.68. The van der Waals surface area contributed by atoms with Gasteiger partial charge in [0.25, 0.3) is 0 Å². The molecule has 1 aromatic rings. The Labute approximate surface area is 135 Å². The van der Waals surface area contributed by atoms with E-state index >= 15 is 0 Å². The molecule has 5 nitrogen and oxygen atoms in total. The molecule has 1 aliphatic carbocycles. The average molecular weight is 324 g/mol. The van der Waals surface area contributed by atoms with Gasteiger partial charge in [-0.15, -0.1) is 0 Å². The van der Waals surface area contributed by atoms with Crippen LogP contribution in [-0.2, 0) is 9.59 Å². The lowest BCUT2D eigenvalue weighted by atomic mass is 10.2. The molecule has 1 aromatic carbocycles. The Bertz CT molecular complexity index is 501. The van der Waals surface area contributed by atoms with Gasteiger partial charge in [-0.25, -0.2) is 0 Å². The van der Waals surface area contributed by atoms with Crippen LogP contribution in [0.4, 0.5) is 5.69 Å². The van der Waals surface area contributed by atoms with E-state index in [9.17, 15) is 9.59 Å². The van der Waals surface area contributed by atoms with E-state index in [2.05, 4.69) is 16.0 Å². The number of carbonyl (C=O) groups excluding carboxylic acids is 2. The van der Waals surface area contributed by atoms with Crippen LogP contribution in [0.1, 0.15) is 25.7 Å². The minimum atomic E-state index is -0.0663. The fraction of sp³-hybridized carbons (Fsp3) is 0.500. The topological polar surface area (TPSA) is 70.2 Å². The molecule has 2 amide bonds. The van der Waals surface area contributed by atoms with Crippen molar-refractivity contribution in [3.8, 4) is 0 Å². The second-order valence-electron chi connectivity index (χ2n) is 5.58. The van der Waals surface area contributed by atoms with E-state index in [1.54, 1.807) is 24.3 Å². The molecule has 0 bridgehead atoms. The summed E-state index contributed by atoms with van der Waals surface area (Å²) >= 11 is 5.78. The van der Waals surface area contributed by atoms with Gasteiger partial charge in [-0.1, -0.05) is 11.6 Å². The molecule has 0 aliphatic heterocycles. The van der Waals surface area contributed by atoms with Crippen LogP contribution >= 0.6 is 11.6 Å². The van der Waals surface area contributed by atoms with Gasteiger partial charge >= 0.3 is 0 Å². The molecule has 0 spiro atoms. The minimum absolute atomic E-state index is 0.0150. The normalized spacial score (nSPS) is 13.7. The maximum Gasteiger partial charge on any atom is 0.233 e. The van der Waals surface area contributed by atoms with Crippen LogP contribution in [-0.4, -0.2) is 31.4 Å². The first-order valence-corrected chi connectivity index (χ1v) is 8.04. The molecular formula is C16H22ClN3O2. The van der Waals surface area contributed by atoms with Gasteiger partial charge in [-0.2, -0.15) is 0 Å². The molecule has 0 unspecified atom stereocenters. The van der Waals surface area contributed by atoms with Crippen LogP contribution in [0.5, 0.6) is 0 Å². The molecule has 3 N–H and O–H groups in total. The fourth-order valence-corrected chi connectivity index (χ4v) is 2.13. The monoisotopic (exact) mass is 323 g/mol. The molecule has 22 heavy (non-hydrogen) atoms. The van der Waals surface area contributed by atoms with E-state index in [1.807, 2.05) is 0 Å². The van der Waals surface area contributed by atoms with E-state index in [1.165, 1.54) is 12.8 Å². The molecule has 2 rings (SSSR count). The number of benzene rings is 1. The van der Waals surface area contributed by atoms with Gasteiger partial charge in [0.1, 0.15) is 0 Å². The third-order valence-electron chi connectivity index (χ3n) is 3.45. The highest BCUT2D eigenvalue weighted by Crippen LogP contribution is 2.27. The van der Waals surface area contributed by atoms with Crippen molar-refractivity contribution in [2.24, 2.45) is 5.92 Å². The second-order valence-corrected chi connectivity index (χ2v) is 6.02. The van der Waals surface area contributed by atoms with Gasteiger partial charge in [-0.3, -0.25) is 9.59 Å². The summed E-state index contributed by atoms with van der Waals surface area (Å²) < 4.78 is 0. The highest BCUT2D eigenvalue weighted by molar-refractivity contribution is 6.30. The van der Waals surface area contributed by atoms with Crippen molar-refractivity contribution in [2.75, 3.05) is 25.0 Å². The van der Waals surface area contributed by atoms with Gasteiger partial charge in [0.15, 0.2) is 0 Å². The van der Waals surface area contributed by atoms with Crippen molar-refractivity contribution in [2.45, 2.75) is 25.7 Å². The minimum Gasteiger partial charge on any atom is -0.355 e. The van der Waals surface area contributed by atoms with Crippen molar-refractivity contribution in [1.82, 2.24) is 10.6 Å². The van der Waals surface area contributed by atoms with Crippen LogP contribution in [0.15, 0.2) is 24.3 Å². The van der Waals surface area contributed by atoms with Gasteiger partial charge in [-0.05, 0) is 56.0 Å². The molecule has 0 atom stereocenters. The number of hydrogen-bond donors (Lipinski definition) is 3. The largest absolute Gasteiger partial charge is 0.355 e. The SMILES string of the molecule is O=C(CNCC1CC1)NCCCC(=O)Nc1ccc(Cl)cc1. The predicted octanol–water partition coefficient (Wildman–Crippen LogP) is 2.17. The summed E-state index contributed by atoms with van der Waals surface area (Å²) in [5.41, 5.74) is 0.725. The first-order valence-electron chi connectivity index (χ1n) is 7.66. The van der Waals surface area contributed by atoms with Crippen molar-refractivity contribution in [3.63, 3.8) is 0 Å². The van der Waals surface area contributed by atoms with Crippen LogP contribution in [0.3, 0.4) is 0 Å². The average Bonchev–Trinajstić information content (AvgIpc) is 3.30. The van der Waals surface area contributed by atoms with Crippen LogP contribution in [0.2, 0.25) is 5.02 Å². The Hall–Kier alpha value is -1.59.